The van der Waals surface area contributed by atoms with Crippen LogP contribution in [0, 0.1) is 0 Å². The summed E-state index contributed by atoms with van der Waals surface area (Å²) in [4.78, 5) is 0.199. The van der Waals surface area contributed by atoms with Gasteiger partial charge in [-0.05, 0) is 37.5 Å². The van der Waals surface area contributed by atoms with Crippen molar-refractivity contribution in [3.8, 4) is 0 Å². The van der Waals surface area contributed by atoms with Crippen LogP contribution in [0.3, 0.4) is 0 Å². The Labute approximate surface area is 131 Å². The van der Waals surface area contributed by atoms with Crippen LogP contribution in [0.5, 0.6) is 0 Å². The number of hydrogen-bond acceptors (Lipinski definition) is 4. The first-order valence-corrected chi connectivity index (χ1v) is 8.68. The number of halogens is 1. The minimum Gasteiger partial charge on any atom is -0.377 e. The summed E-state index contributed by atoms with van der Waals surface area (Å²) >= 11 is 6.07. The molecule has 0 amide bonds. The van der Waals surface area contributed by atoms with Gasteiger partial charge in [0.05, 0.1) is 10.5 Å². The molecule has 1 aromatic rings. The maximum atomic E-state index is 12.7. The zero-order chi connectivity index (χ0) is 15.7. The molecule has 1 fully saturated rings. The third-order valence-corrected chi connectivity index (χ3v) is 6.19. The zero-order valence-electron chi connectivity index (χ0n) is 12.3. The second-order valence-electron chi connectivity index (χ2n) is 5.55. The van der Waals surface area contributed by atoms with Gasteiger partial charge < -0.3 is 10.5 Å². The Morgan fingerprint density at radius 3 is 2.76 bits per heavy atom. The highest BCUT2D eigenvalue weighted by Gasteiger charge is 2.37. The second-order valence-corrected chi connectivity index (χ2v) is 7.90. The Kier molecular flexibility index (Phi) is 4.95. The highest BCUT2D eigenvalue weighted by atomic mass is 35.5. The molecule has 0 aliphatic carbocycles. The van der Waals surface area contributed by atoms with E-state index in [1.807, 2.05) is 6.92 Å². The lowest BCUT2D eigenvalue weighted by atomic mass is 9.96. The molecule has 7 heteroatoms. The predicted molar refractivity (Wildman–Crippen MR) is 82.8 cm³/mol. The summed E-state index contributed by atoms with van der Waals surface area (Å²) in [5.41, 5.74) is 5.84. The van der Waals surface area contributed by atoms with Crippen molar-refractivity contribution >= 4 is 21.6 Å². The summed E-state index contributed by atoms with van der Waals surface area (Å²) in [5.74, 6) is 0. The van der Waals surface area contributed by atoms with Crippen LogP contribution in [0.15, 0.2) is 23.1 Å². The van der Waals surface area contributed by atoms with Crippen molar-refractivity contribution in [2.24, 2.45) is 5.73 Å². The number of benzene rings is 1. The molecule has 1 heterocycles. The number of nitrogens with two attached hydrogens (primary N) is 1. The molecule has 1 aliphatic rings. The number of hydrogen-bond donors (Lipinski definition) is 1. The van der Waals surface area contributed by atoms with E-state index in [4.69, 9.17) is 22.1 Å². The Balaban J connectivity index is 2.31. The molecule has 1 unspecified atom stereocenters. The standard InChI is InChI=1S/C14H21ClN2O3S/c1-14(20-2)6-3-7-17(10-14)21(18,19)12-5-4-11(9-16)13(15)8-12/h4-5,8H,3,6-7,9-10,16H2,1-2H3. The molecule has 0 aromatic heterocycles. The molecular formula is C14H21ClN2O3S. The van der Waals surface area contributed by atoms with Crippen LogP contribution in [-0.4, -0.2) is 38.5 Å². The quantitative estimate of drug-likeness (QED) is 0.915. The van der Waals surface area contributed by atoms with Crippen LogP contribution < -0.4 is 5.73 Å². The van der Waals surface area contributed by atoms with Gasteiger partial charge in [-0.25, -0.2) is 8.42 Å². The largest absolute Gasteiger partial charge is 0.377 e. The lowest BCUT2D eigenvalue weighted by Gasteiger charge is -2.38. The highest BCUT2D eigenvalue weighted by Crippen LogP contribution is 2.29. The minimum absolute atomic E-state index is 0.199. The van der Waals surface area contributed by atoms with E-state index in [-0.39, 0.29) is 11.4 Å². The van der Waals surface area contributed by atoms with E-state index in [2.05, 4.69) is 0 Å². The van der Waals surface area contributed by atoms with Gasteiger partial charge in [0.1, 0.15) is 0 Å². The first kappa shape index (κ1) is 16.7. The molecule has 0 saturated carbocycles. The van der Waals surface area contributed by atoms with Gasteiger partial charge in [-0.15, -0.1) is 0 Å². The lowest BCUT2D eigenvalue weighted by molar-refractivity contribution is -0.0319. The molecule has 1 aromatic carbocycles. The SMILES string of the molecule is COC1(C)CCCN(S(=O)(=O)c2ccc(CN)c(Cl)c2)C1. The normalized spacial score (nSPS) is 24.2. The van der Waals surface area contributed by atoms with Gasteiger partial charge in [0, 0.05) is 31.8 Å². The molecule has 21 heavy (non-hydrogen) atoms. The maximum absolute atomic E-state index is 12.7. The molecule has 2 N–H and O–H groups in total. The minimum atomic E-state index is -3.56. The van der Waals surface area contributed by atoms with E-state index >= 15 is 0 Å². The third-order valence-electron chi connectivity index (χ3n) is 4.00. The van der Waals surface area contributed by atoms with Gasteiger partial charge >= 0.3 is 0 Å². The summed E-state index contributed by atoms with van der Waals surface area (Å²) < 4.78 is 32.4. The number of ether oxygens (including phenoxy) is 1. The van der Waals surface area contributed by atoms with E-state index < -0.39 is 15.6 Å². The molecule has 0 radical (unpaired) electrons. The van der Waals surface area contributed by atoms with Gasteiger partial charge in [-0.1, -0.05) is 17.7 Å². The summed E-state index contributed by atoms with van der Waals surface area (Å²) in [5, 5.41) is 0.380. The average molecular weight is 333 g/mol. The number of nitrogens with zero attached hydrogens (tertiary/aromatic N) is 1. The fraction of sp³-hybridized carbons (Fsp3) is 0.571. The second kappa shape index (κ2) is 6.22. The van der Waals surface area contributed by atoms with Crippen LogP contribution >= 0.6 is 11.6 Å². The highest BCUT2D eigenvalue weighted by molar-refractivity contribution is 7.89. The van der Waals surface area contributed by atoms with Crippen LogP contribution in [0.1, 0.15) is 25.3 Å². The Morgan fingerprint density at radius 1 is 1.48 bits per heavy atom. The molecular weight excluding hydrogens is 312 g/mol. The molecule has 118 valence electrons. The number of methoxy groups -OCH3 is 1. The van der Waals surface area contributed by atoms with Crippen molar-refractivity contribution < 1.29 is 13.2 Å². The van der Waals surface area contributed by atoms with Crippen molar-refractivity contribution in [2.75, 3.05) is 20.2 Å². The van der Waals surface area contributed by atoms with Crippen LogP contribution in [-0.2, 0) is 21.3 Å². The van der Waals surface area contributed by atoms with Gasteiger partial charge in [0.2, 0.25) is 10.0 Å². The summed E-state index contributed by atoms with van der Waals surface area (Å²) in [7, 11) is -1.95. The van der Waals surface area contributed by atoms with Gasteiger partial charge in [-0.2, -0.15) is 4.31 Å². The van der Waals surface area contributed by atoms with Crippen molar-refractivity contribution in [3.05, 3.63) is 28.8 Å². The van der Waals surface area contributed by atoms with Gasteiger partial charge in [0.25, 0.3) is 0 Å². The lowest BCUT2D eigenvalue weighted by Crippen LogP contribution is -2.49. The molecule has 1 saturated heterocycles. The van der Waals surface area contributed by atoms with Crippen LogP contribution in [0.2, 0.25) is 5.02 Å². The van der Waals surface area contributed by atoms with E-state index in [1.165, 1.54) is 10.4 Å². The topological polar surface area (TPSA) is 72.6 Å². The molecule has 0 spiro atoms. The number of piperidine rings is 1. The summed E-state index contributed by atoms with van der Waals surface area (Å²) in [6.07, 6.45) is 1.63. The fourth-order valence-corrected chi connectivity index (χ4v) is 4.48. The third kappa shape index (κ3) is 3.40. The van der Waals surface area contributed by atoms with E-state index in [0.717, 1.165) is 18.4 Å². The van der Waals surface area contributed by atoms with E-state index in [0.29, 0.717) is 18.1 Å². The van der Waals surface area contributed by atoms with Crippen molar-refractivity contribution in [1.29, 1.82) is 0 Å². The van der Waals surface area contributed by atoms with Crippen LogP contribution in [0.25, 0.3) is 0 Å². The molecule has 0 bridgehead atoms. The van der Waals surface area contributed by atoms with Crippen molar-refractivity contribution in [1.82, 2.24) is 4.31 Å². The zero-order valence-corrected chi connectivity index (χ0v) is 13.9. The Bertz CT molecular complexity index is 621. The van der Waals surface area contributed by atoms with Gasteiger partial charge in [-0.3, -0.25) is 0 Å². The average Bonchev–Trinajstić information content (AvgIpc) is 2.47. The summed E-state index contributed by atoms with van der Waals surface area (Å²) in [6.45, 7) is 3.06. The van der Waals surface area contributed by atoms with Crippen LogP contribution in [0.4, 0.5) is 0 Å². The molecule has 5 nitrogen and oxygen atoms in total. The smallest absolute Gasteiger partial charge is 0.243 e. The van der Waals surface area contributed by atoms with E-state index in [9.17, 15) is 8.42 Å². The number of sulfonamides is 1. The number of rotatable bonds is 4. The maximum Gasteiger partial charge on any atom is 0.243 e. The fourth-order valence-electron chi connectivity index (χ4n) is 2.54. The van der Waals surface area contributed by atoms with Crippen molar-refractivity contribution in [3.63, 3.8) is 0 Å². The molecule has 2 rings (SSSR count). The Hall–Kier alpha value is -0.660. The first-order chi connectivity index (χ1) is 9.82. The van der Waals surface area contributed by atoms with Crippen molar-refractivity contribution in [2.45, 2.75) is 36.8 Å². The summed E-state index contributed by atoms with van der Waals surface area (Å²) in [6, 6.07) is 4.69. The first-order valence-electron chi connectivity index (χ1n) is 6.86. The van der Waals surface area contributed by atoms with Gasteiger partial charge in [0.15, 0.2) is 0 Å². The molecule has 1 atom stereocenters. The molecule has 1 aliphatic heterocycles. The monoisotopic (exact) mass is 332 g/mol. The Morgan fingerprint density at radius 2 is 2.19 bits per heavy atom. The predicted octanol–water partition coefficient (Wildman–Crippen LogP) is 1.99. The van der Waals surface area contributed by atoms with E-state index in [1.54, 1.807) is 19.2 Å².